The van der Waals surface area contributed by atoms with Crippen molar-refractivity contribution >= 4 is 44.7 Å². The first-order valence-electron chi connectivity index (χ1n) is 8.61. The molecule has 0 heterocycles. The fourth-order valence-corrected chi connectivity index (χ4v) is 3.21. The van der Waals surface area contributed by atoms with Crippen LogP contribution in [0.1, 0.15) is 21.5 Å². The van der Waals surface area contributed by atoms with Gasteiger partial charge >= 0.3 is 0 Å². The Kier molecular flexibility index (Phi) is 6.55. The number of hydrogen-bond acceptors (Lipinski definition) is 3. The highest BCUT2D eigenvalue weighted by molar-refractivity contribution is 9.10. The minimum atomic E-state index is -0.125. The normalized spacial score (nSPS) is 10.4. The van der Waals surface area contributed by atoms with Gasteiger partial charge in [0.25, 0.3) is 0 Å². The molecule has 0 aliphatic heterocycles. The number of halogens is 2. The van der Waals surface area contributed by atoms with Gasteiger partial charge in [-0.1, -0.05) is 40.2 Å². The summed E-state index contributed by atoms with van der Waals surface area (Å²) in [7, 11) is 0. The Morgan fingerprint density at radius 3 is 2.64 bits per heavy atom. The van der Waals surface area contributed by atoms with Crippen molar-refractivity contribution in [2.75, 3.05) is 11.9 Å². The highest BCUT2D eigenvalue weighted by atomic mass is 79.9. The molecule has 0 unspecified atom stereocenters. The molecule has 0 aliphatic carbocycles. The van der Waals surface area contributed by atoms with E-state index in [9.17, 15) is 4.79 Å². The highest BCUT2D eigenvalue weighted by Gasteiger charge is 2.16. The largest absolute Gasteiger partial charge is 0.490 e. The van der Waals surface area contributed by atoms with Gasteiger partial charge in [-0.15, -0.1) is 0 Å². The Balaban J connectivity index is 1.80. The molecule has 0 aromatic heterocycles. The van der Waals surface area contributed by atoms with Crippen LogP contribution in [0, 0.1) is 13.0 Å². The lowest BCUT2D eigenvalue weighted by molar-refractivity contribution is 0.103. The number of hydrogen-bond donors (Lipinski definition) is 1. The van der Waals surface area contributed by atoms with Crippen LogP contribution in [0.25, 0.3) is 0 Å². The van der Waals surface area contributed by atoms with E-state index in [1.54, 1.807) is 30.3 Å². The predicted octanol–water partition coefficient (Wildman–Crippen LogP) is 6.75. The lowest BCUT2D eigenvalue weighted by atomic mass is 9.98. The standard InChI is InChI=1S/C23H18BrClNO2/c1-3-12-28-19-9-11-20(15(2)13-19)23(27)21-10-8-18(14-22(21)25)26-17-6-4-16(24)5-7-17/h3-6,8-11,13-14,26H,1,12H2,2H3. The van der Waals surface area contributed by atoms with E-state index >= 15 is 0 Å². The SMILES string of the molecule is C=CCOc1ccc(C(=O)c2ccc(Nc3[c]cc(Br)cc3)cc2Cl)c(C)c1. The molecule has 0 atom stereocenters. The molecule has 0 saturated carbocycles. The average molecular weight is 456 g/mol. The molecule has 0 saturated heterocycles. The highest BCUT2D eigenvalue weighted by Crippen LogP contribution is 2.28. The third kappa shape index (κ3) is 4.83. The second-order valence-electron chi connectivity index (χ2n) is 6.15. The van der Waals surface area contributed by atoms with Crippen LogP contribution in [0.15, 0.2) is 71.7 Å². The second-order valence-corrected chi connectivity index (χ2v) is 7.47. The van der Waals surface area contributed by atoms with Gasteiger partial charge in [0.1, 0.15) is 12.4 Å². The van der Waals surface area contributed by atoms with Gasteiger partial charge in [0, 0.05) is 33.0 Å². The molecule has 0 bridgehead atoms. The number of ketones is 1. The number of benzene rings is 3. The van der Waals surface area contributed by atoms with E-state index in [-0.39, 0.29) is 5.78 Å². The number of carbonyl (C=O) groups excluding carboxylic acids is 1. The molecule has 0 fully saturated rings. The van der Waals surface area contributed by atoms with Crippen LogP contribution in [-0.2, 0) is 0 Å². The summed E-state index contributed by atoms with van der Waals surface area (Å²) in [6.07, 6.45) is 1.68. The fourth-order valence-electron chi connectivity index (χ4n) is 2.70. The molecule has 0 spiro atoms. The zero-order valence-electron chi connectivity index (χ0n) is 15.3. The smallest absolute Gasteiger partial charge is 0.194 e. The van der Waals surface area contributed by atoms with E-state index < -0.39 is 0 Å². The predicted molar refractivity (Wildman–Crippen MR) is 118 cm³/mol. The summed E-state index contributed by atoms with van der Waals surface area (Å²) in [5.74, 6) is 0.574. The van der Waals surface area contributed by atoms with Gasteiger partial charge < -0.3 is 10.1 Å². The van der Waals surface area contributed by atoms with Gasteiger partial charge in [0.2, 0.25) is 0 Å². The van der Waals surface area contributed by atoms with Crippen LogP contribution in [-0.4, -0.2) is 12.4 Å². The van der Waals surface area contributed by atoms with Crippen molar-refractivity contribution in [1.82, 2.24) is 0 Å². The van der Waals surface area contributed by atoms with Crippen molar-refractivity contribution in [2.45, 2.75) is 6.92 Å². The maximum atomic E-state index is 12.9. The van der Waals surface area contributed by atoms with Gasteiger partial charge in [-0.25, -0.2) is 0 Å². The van der Waals surface area contributed by atoms with Gasteiger partial charge in [-0.2, -0.15) is 0 Å². The number of rotatable bonds is 7. The Bertz CT molecular complexity index is 1020. The lowest BCUT2D eigenvalue weighted by Crippen LogP contribution is -2.05. The molecular weight excluding hydrogens is 438 g/mol. The molecule has 1 N–H and O–H groups in total. The lowest BCUT2D eigenvalue weighted by Gasteiger charge is -2.11. The molecule has 0 amide bonds. The van der Waals surface area contributed by atoms with E-state index in [1.165, 1.54) is 0 Å². The van der Waals surface area contributed by atoms with E-state index in [0.29, 0.717) is 28.5 Å². The molecule has 0 aliphatic rings. The molecule has 141 valence electrons. The molecule has 1 radical (unpaired) electrons. The van der Waals surface area contributed by atoms with Crippen LogP contribution < -0.4 is 10.1 Å². The topological polar surface area (TPSA) is 38.3 Å². The van der Waals surface area contributed by atoms with Gasteiger partial charge in [0.05, 0.1) is 5.02 Å². The fraction of sp³-hybridized carbons (Fsp3) is 0.0870. The molecular formula is C23H18BrClNO2. The zero-order valence-corrected chi connectivity index (χ0v) is 17.6. The summed E-state index contributed by atoms with van der Waals surface area (Å²) in [4.78, 5) is 12.9. The first kappa shape index (κ1) is 20.2. The third-order valence-electron chi connectivity index (χ3n) is 4.08. The van der Waals surface area contributed by atoms with Crippen molar-refractivity contribution in [1.29, 1.82) is 0 Å². The summed E-state index contributed by atoms with van der Waals surface area (Å²) >= 11 is 9.79. The van der Waals surface area contributed by atoms with Crippen LogP contribution in [0.2, 0.25) is 5.02 Å². The zero-order chi connectivity index (χ0) is 20.1. The van der Waals surface area contributed by atoms with Gasteiger partial charge in [0.15, 0.2) is 5.78 Å². The van der Waals surface area contributed by atoms with Crippen molar-refractivity contribution in [3.8, 4) is 5.75 Å². The van der Waals surface area contributed by atoms with Gasteiger partial charge in [-0.3, -0.25) is 4.79 Å². The Labute approximate surface area is 178 Å². The first-order chi connectivity index (χ1) is 13.5. The summed E-state index contributed by atoms with van der Waals surface area (Å²) in [5, 5.41) is 3.61. The minimum absolute atomic E-state index is 0.125. The van der Waals surface area contributed by atoms with E-state index in [1.807, 2.05) is 37.3 Å². The minimum Gasteiger partial charge on any atom is -0.490 e. The van der Waals surface area contributed by atoms with E-state index in [2.05, 4.69) is 33.9 Å². The number of ether oxygens (including phenoxy) is 1. The maximum absolute atomic E-state index is 12.9. The summed E-state index contributed by atoms with van der Waals surface area (Å²) in [6, 6.07) is 19.4. The van der Waals surface area contributed by atoms with Crippen LogP contribution in [0.4, 0.5) is 11.4 Å². The summed E-state index contributed by atoms with van der Waals surface area (Å²) in [6.45, 7) is 5.92. The molecule has 28 heavy (non-hydrogen) atoms. The Morgan fingerprint density at radius 1 is 1.21 bits per heavy atom. The molecule has 3 rings (SSSR count). The third-order valence-corrected chi connectivity index (χ3v) is 4.88. The van der Waals surface area contributed by atoms with Crippen molar-refractivity contribution in [3.05, 3.63) is 99.5 Å². The number of carbonyl (C=O) groups is 1. The molecule has 5 heteroatoms. The Hall–Kier alpha value is -2.56. The first-order valence-corrected chi connectivity index (χ1v) is 9.78. The van der Waals surface area contributed by atoms with E-state index in [4.69, 9.17) is 16.3 Å². The molecule has 3 nitrogen and oxygen atoms in total. The monoisotopic (exact) mass is 454 g/mol. The summed E-state index contributed by atoms with van der Waals surface area (Å²) in [5.41, 5.74) is 3.47. The maximum Gasteiger partial charge on any atom is 0.194 e. The van der Waals surface area contributed by atoms with Crippen molar-refractivity contribution in [2.24, 2.45) is 0 Å². The van der Waals surface area contributed by atoms with Gasteiger partial charge in [-0.05, 0) is 67.1 Å². The van der Waals surface area contributed by atoms with Crippen molar-refractivity contribution in [3.63, 3.8) is 0 Å². The van der Waals surface area contributed by atoms with Crippen molar-refractivity contribution < 1.29 is 9.53 Å². The number of anilines is 2. The van der Waals surface area contributed by atoms with E-state index in [0.717, 1.165) is 21.4 Å². The Morgan fingerprint density at radius 2 is 2.00 bits per heavy atom. The van der Waals surface area contributed by atoms with Crippen LogP contribution in [0.5, 0.6) is 5.75 Å². The van der Waals surface area contributed by atoms with Crippen LogP contribution >= 0.6 is 27.5 Å². The molecule has 3 aromatic rings. The average Bonchev–Trinajstić information content (AvgIpc) is 2.68. The second kappa shape index (κ2) is 9.09. The number of aryl methyl sites for hydroxylation is 1. The quantitative estimate of drug-likeness (QED) is 0.316. The molecule has 3 aromatic carbocycles. The van der Waals surface area contributed by atoms with Crippen LogP contribution in [0.3, 0.4) is 0 Å². The summed E-state index contributed by atoms with van der Waals surface area (Å²) < 4.78 is 6.46. The number of nitrogens with one attached hydrogen (secondary N) is 1.